The fourth-order valence-electron chi connectivity index (χ4n) is 7.11. The van der Waals surface area contributed by atoms with Crippen molar-refractivity contribution in [1.82, 2.24) is 0 Å². The molecule has 0 radical (unpaired) electrons. The minimum Gasteiger partial charge on any atom is -0.480 e. The van der Waals surface area contributed by atoms with Gasteiger partial charge in [-0.2, -0.15) is 0 Å². The van der Waals surface area contributed by atoms with Gasteiger partial charge in [0.2, 0.25) is 0 Å². The van der Waals surface area contributed by atoms with Gasteiger partial charge in [0.05, 0.1) is 19.8 Å². The van der Waals surface area contributed by atoms with Crippen molar-refractivity contribution in [3.05, 3.63) is 24.3 Å². The van der Waals surface area contributed by atoms with Crippen molar-refractivity contribution in [1.29, 1.82) is 0 Å². The number of phosphoric ester groups is 1. The van der Waals surface area contributed by atoms with Crippen LogP contribution in [0.3, 0.4) is 0 Å². The van der Waals surface area contributed by atoms with Crippen LogP contribution in [-0.4, -0.2) is 60.5 Å². The Morgan fingerprint density at radius 2 is 0.917 bits per heavy atom. The first-order valence-corrected chi connectivity index (χ1v) is 26.4. The molecule has 3 atom stereocenters. The molecule has 0 heterocycles. The Bertz CT molecular complexity index is 1060. The molecule has 60 heavy (non-hydrogen) atoms. The molecule has 0 spiro atoms. The SMILES string of the molecule is CCCCC/C=C\C/C=C\CCCCCCCCCCOCC(COP(=O)(O)OCC(N)C(=O)O)OC(=O)CCCCCCCCCCCCCCCCCCCCCC. The first-order chi connectivity index (χ1) is 29.2. The molecule has 0 aromatic heterocycles. The molecular formula is C49H94NO9P. The summed E-state index contributed by atoms with van der Waals surface area (Å²) in [6.45, 7) is 3.89. The molecule has 0 aliphatic heterocycles. The quantitative estimate of drug-likeness (QED) is 0.0233. The maximum absolute atomic E-state index is 12.7. The molecular weight excluding hydrogens is 778 g/mol. The van der Waals surface area contributed by atoms with Crippen molar-refractivity contribution in [2.24, 2.45) is 5.73 Å². The molecule has 0 bridgehead atoms. The van der Waals surface area contributed by atoms with Gasteiger partial charge in [0.1, 0.15) is 12.1 Å². The Hall–Kier alpha value is -1.55. The Balaban J connectivity index is 4.13. The summed E-state index contributed by atoms with van der Waals surface area (Å²) in [6.07, 6.45) is 50.9. The van der Waals surface area contributed by atoms with Crippen LogP contribution in [0.2, 0.25) is 0 Å². The first-order valence-electron chi connectivity index (χ1n) is 24.9. The van der Waals surface area contributed by atoms with Crippen LogP contribution in [0.4, 0.5) is 0 Å². The second-order valence-electron chi connectivity index (χ2n) is 17.0. The minimum absolute atomic E-state index is 0.0172. The normalized spacial score (nSPS) is 13.9. The van der Waals surface area contributed by atoms with Crippen molar-refractivity contribution >= 4 is 19.8 Å². The number of carboxylic acid groups (broad SMARTS) is 1. The highest BCUT2D eigenvalue weighted by Gasteiger charge is 2.27. The highest BCUT2D eigenvalue weighted by molar-refractivity contribution is 7.47. The number of carbonyl (C=O) groups is 2. The number of rotatable bonds is 48. The average Bonchev–Trinajstić information content (AvgIpc) is 3.23. The van der Waals surface area contributed by atoms with Crippen LogP contribution in [0.5, 0.6) is 0 Å². The molecule has 0 aromatic rings. The lowest BCUT2D eigenvalue weighted by Crippen LogP contribution is -2.34. The molecule has 0 aromatic carbocycles. The predicted molar refractivity (Wildman–Crippen MR) is 249 cm³/mol. The molecule has 4 N–H and O–H groups in total. The van der Waals surface area contributed by atoms with E-state index in [4.69, 9.17) is 29.4 Å². The van der Waals surface area contributed by atoms with E-state index in [-0.39, 0.29) is 13.0 Å². The Kier molecular flexibility index (Phi) is 44.3. The third kappa shape index (κ3) is 44.5. The average molecular weight is 872 g/mol. The number of carboxylic acids is 1. The van der Waals surface area contributed by atoms with Gasteiger partial charge in [-0.15, -0.1) is 0 Å². The second-order valence-corrected chi connectivity index (χ2v) is 18.4. The Morgan fingerprint density at radius 3 is 1.38 bits per heavy atom. The largest absolute Gasteiger partial charge is 0.480 e. The lowest BCUT2D eigenvalue weighted by Gasteiger charge is -2.20. The number of carbonyl (C=O) groups excluding carboxylic acids is 1. The van der Waals surface area contributed by atoms with E-state index in [2.05, 4.69) is 38.2 Å². The highest BCUT2D eigenvalue weighted by Crippen LogP contribution is 2.43. The Morgan fingerprint density at radius 1 is 0.533 bits per heavy atom. The van der Waals surface area contributed by atoms with Crippen LogP contribution in [0.1, 0.15) is 239 Å². The minimum atomic E-state index is -4.62. The number of phosphoric acid groups is 1. The summed E-state index contributed by atoms with van der Waals surface area (Å²) in [5, 5.41) is 8.92. The molecule has 0 rings (SSSR count). The summed E-state index contributed by atoms with van der Waals surface area (Å²) in [5.41, 5.74) is 5.37. The van der Waals surface area contributed by atoms with Crippen molar-refractivity contribution in [2.45, 2.75) is 251 Å². The number of hydrogen-bond donors (Lipinski definition) is 3. The number of aliphatic carboxylic acids is 1. The summed E-state index contributed by atoms with van der Waals surface area (Å²) in [7, 11) is -4.62. The van der Waals surface area contributed by atoms with E-state index in [1.54, 1.807) is 0 Å². The molecule has 0 aliphatic carbocycles. The molecule has 354 valence electrons. The summed E-state index contributed by atoms with van der Waals surface area (Å²) in [5.74, 6) is -1.77. The zero-order chi connectivity index (χ0) is 44.0. The van der Waals surface area contributed by atoms with Crippen LogP contribution in [0.15, 0.2) is 24.3 Å². The monoisotopic (exact) mass is 872 g/mol. The van der Waals surface area contributed by atoms with Gasteiger partial charge in [0.15, 0.2) is 0 Å². The van der Waals surface area contributed by atoms with Gasteiger partial charge >= 0.3 is 19.8 Å². The zero-order valence-electron chi connectivity index (χ0n) is 38.8. The van der Waals surface area contributed by atoms with Crippen LogP contribution < -0.4 is 5.73 Å². The summed E-state index contributed by atoms with van der Waals surface area (Å²) < 4.78 is 33.5. The van der Waals surface area contributed by atoms with Gasteiger partial charge in [-0.3, -0.25) is 18.6 Å². The Labute approximate surface area is 368 Å². The molecule has 11 heteroatoms. The molecule has 0 aliphatic rings. The maximum atomic E-state index is 12.7. The number of nitrogens with two attached hydrogens (primary N) is 1. The highest BCUT2D eigenvalue weighted by atomic mass is 31.2. The summed E-state index contributed by atoms with van der Waals surface area (Å²) in [4.78, 5) is 33.7. The fraction of sp³-hybridized carbons (Fsp3) is 0.878. The number of esters is 1. The first kappa shape index (κ1) is 58.5. The van der Waals surface area contributed by atoms with Gasteiger partial charge in [-0.05, 0) is 44.9 Å². The lowest BCUT2D eigenvalue weighted by molar-refractivity contribution is -0.154. The molecule has 0 saturated carbocycles. The van der Waals surface area contributed by atoms with E-state index in [0.717, 1.165) is 51.4 Å². The van der Waals surface area contributed by atoms with E-state index in [0.29, 0.717) is 6.61 Å². The molecule has 0 fully saturated rings. The smallest absolute Gasteiger partial charge is 0.472 e. The number of ether oxygens (including phenoxy) is 2. The van der Waals surface area contributed by atoms with Crippen LogP contribution in [-0.2, 0) is 32.7 Å². The molecule has 3 unspecified atom stereocenters. The third-order valence-electron chi connectivity index (χ3n) is 11.0. The van der Waals surface area contributed by atoms with Gasteiger partial charge in [-0.1, -0.05) is 212 Å². The summed E-state index contributed by atoms with van der Waals surface area (Å²) >= 11 is 0. The predicted octanol–water partition coefficient (Wildman–Crippen LogP) is 14.3. The van der Waals surface area contributed by atoms with Crippen molar-refractivity contribution < 1.29 is 42.7 Å². The molecule has 10 nitrogen and oxygen atoms in total. The van der Waals surface area contributed by atoms with Crippen LogP contribution in [0.25, 0.3) is 0 Å². The van der Waals surface area contributed by atoms with E-state index in [1.165, 1.54) is 167 Å². The third-order valence-corrected chi connectivity index (χ3v) is 11.9. The van der Waals surface area contributed by atoms with Gasteiger partial charge < -0.3 is 25.2 Å². The van der Waals surface area contributed by atoms with Gasteiger partial charge in [-0.25, -0.2) is 4.57 Å². The van der Waals surface area contributed by atoms with Crippen LogP contribution in [0, 0.1) is 0 Å². The van der Waals surface area contributed by atoms with E-state index >= 15 is 0 Å². The summed E-state index contributed by atoms with van der Waals surface area (Å²) in [6, 6.07) is -1.47. The van der Waals surface area contributed by atoms with Crippen molar-refractivity contribution in [3.63, 3.8) is 0 Å². The van der Waals surface area contributed by atoms with E-state index < -0.39 is 45.1 Å². The molecule has 0 saturated heterocycles. The number of hydrogen-bond acceptors (Lipinski definition) is 8. The number of allylic oxidation sites excluding steroid dienone is 4. The maximum Gasteiger partial charge on any atom is 0.472 e. The lowest BCUT2D eigenvalue weighted by atomic mass is 10.0. The fourth-order valence-corrected chi connectivity index (χ4v) is 7.88. The second kappa shape index (κ2) is 45.5. The topological polar surface area (TPSA) is 155 Å². The van der Waals surface area contributed by atoms with Gasteiger partial charge in [0, 0.05) is 13.0 Å². The standard InChI is InChI=1S/C49H94NO9P/c1-3-5-7-9-11-13-15-17-19-21-23-24-25-27-29-31-33-35-37-39-41-48(51)59-46(44-57-60(54,55)58-45-47(50)49(52)53)43-56-42-40-38-36-34-32-30-28-26-22-20-18-16-14-12-10-8-6-4-2/h12,14,18,20,46-47H,3-11,13,15-17,19,21-45,50H2,1-2H3,(H,52,53)(H,54,55)/b14-12-,20-18-. The van der Waals surface area contributed by atoms with Crippen LogP contribution >= 0.6 is 7.82 Å². The zero-order valence-corrected chi connectivity index (χ0v) is 39.7. The molecule has 0 amide bonds. The van der Waals surface area contributed by atoms with E-state index in [1.807, 2.05) is 0 Å². The number of unbranched alkanes of at least 4 members (excludes halogenated alkanes) is 30. The van der Waals surface area contributed by atoms with Crippen molar-refractivity contribution in [3.8, 4) is 0 Å². The van der Waals surface area contributed by atoms with Gasteiger partial charge in [0.25, 0.3) is 0 Å². The van der Waals surface area contributed by atoms with E-state index in [9.17, 15) is 19.0 Å². The van der Waals surface area contributed by atoms with Crippen molar-refractivity contribution in [2.75, 3.05) is 26.4 Å².